The minimum atomic E-state index is -0.140. The number of nitrogens with one attached hydrogen (secondary N) is 1. The predicted molar refractivity (Wildman–Crippen MR) is 125 cm³/mol. The fourth-order valence-corrected chi connectivity index (χ4v) is 4.24. The number of hydrogen-bond acceptors (Lipinski definition) is 4. The van der Waals surface area contributed by atoms with Crippen molar-refractivity contribution in [1.82, 2.24) is 20.3 Å². The maximum Gasteiger partial charge on any atom is 0.223 e. The average Bonchev–Trinajstić information content (AvgIpc) is 3.24. The zero-order valence-electron chi connectivity index (χ0n) is 18.9. The molecule has 0 aliphatic carbocycles. The Kier molecular flexibility index (Phi) is 7.32. The first-order valence-electron chi connectivity index (χ1n) is 11.5. The SMILES string of the molecule is CC(C)C[C@@H]1COCc2cn(nn2)CC[C@@H](Cc2ccc(-c3ccccc3)cc2)C(=O)N1. The van der Waals surface area contributed by atoms with Crippen LogP contribution in [0.4, 0.5) is 0 Å². The van der Waals surface area contributed by atoms with Gasteiger partial charge in [-0.25, -0.2) is 0 Å². The second-order valence-electron chi connectivity index (χ2n) is 9.08. The highest BCUT2D eigenvalue weighted by Gasteiger charge is 2.24. The van der Waals surface area contributed by atoms with Gasteiger partial charge in [0, 0.05) is 12.5 Å². The molecule has 2 atom stereocenters. The molecule has 3 aromatic rings. The fourth-order valence-electron chi connectivity index (χ4n) is 4.24. The Morgan fingerprint density at radius 3 is 2.59 bits per heavy atom. The van der Waals surface area contributed by atoms with Crippen LogP contribution in [0.1, 0.15) is 37.9 Å². The standard InChI is InChI=1S/C26H32N4O2/c1-19(2)14-24-17-32-18-25-16-30(29-28-25)13-12-23(26(31)27-24)15-20-8-10-22(11-9-20)21-6-4-3-5-7-21/h3-11,16,19,23-24H,12-15,17-18H2,1-2H3,(H,27,31)/t23-,24+/m0/s1. The van der Waals surface area contributed by atoms with E-state index in [1.165, 1.54) is 11.1 Å². The molecule has 2 aromatic carbocycles. The van der Waals surface area contributed by atoms with Gasteiger partial charge in [0.1, 0.15) is 5.69 Å². The summed E-state index contributed by atoms with van der Waals surface area (Å²) in [6.07, 6.45) is 4.21. The number of hydrogen-bond donors (Lipinski definition) is 1. The second-order valence-corrected chi connectivity index (χ2v) is 9.08. The first-order valence-corrected chi connectivity index (χ1v) is 11.5. The smallest absolute Gasteiger partial charge is 0.223 e. The molecule has 2 bridgehead atoms. The van der Waals surface area contributed by atoms with E-state index in [1.54, 1.807) is 0 Å². The first-order chi connectivity index (χ1) is 15.6. The van der Waals surface area contributed by atoms with Crippen molar-refractivity contribution in [3.8, 4) is 11.1 Å². The molecule has 0 spiro atoms. The van der Waals surface area contributed by atoms with Crippen LogP contribution in [0, 0.1) is 11.8 Å². The van der Waals surface area contributed by atoms with Gasteiger partial charge in [0.15, 0.2) is 0 Å². The maximum absolute atomic E-state index is 13.3. The number of amides is 1. The van der Waals surface area contributed by atoms with Crippen LogP contribution in [-0.4, -0.2) is 33.5 Å². The monoisotopic (exact) mass is 432 g/mol. The van der Waals surface area contributed by atoms with Crippen molar-refractivity contribution in [2.24, 2.45) is 11.8 Å². The van der Waals surface area contributed by atoms with Gasteiger partial charge in [-0.3, -0.25) is 9.48 Å². The van der Waals surface area contributed by atoms with Gasteiger partial charge in [-0.2, -0.15) is 0 Å². The molecule has 4 rings (SSSR count). The van der Waals surface area contributed by atoms with Gasteiger partial charge in [-0.15, -0.1) is 5.10 Å². The number of carbonyl (C=O) groups excluding carboxylic acids is 1. The normalized spacial score (nSPS) is 19.8. The van der Waals surface area contributed by atoms with Crippen molar-refractivity contribution in [2.45, 2.75) is 52.3 Å². The van der Waals surface area contributed by atoms with Crippen molar-refractivity contribution in [2.75, 3.05) is 6.61 Å². The van der Waals surface area contributed by atoms with Gasteiger partial charge in [-0.05, 0) is 41.9 Å². The van der Waals surface area contributed by atoms with Crippen molar-refractivity contribution in [3.05, 3.63) is 72.1 Å². The van der Waals surface area contributed by atoms with Crippen LogP contribution in [0.15, 0.2) is 60.8 Å². The lowest BCUT2D eigenvalue weighted by Crippen LogP contribution is -2.43. The summed E-state index contributed by atoms with van der Waals surface area (Å²) in [5.41, 5.74) is 4.37. The zero-order chi connectivity index (χ0) is 22.3. The van der Waals surface area contributed by atoms with E-state index in [1.807, 2.05) is 29.1 Å². The number of rotatable bonds is 5. The number of aromatic nitrogens is 3. The Balaban J connectivity index is 1.50. The molecule has 6 heteroatoms. The summed E-state index contributed by atoms with van der Waals surface area (Å²) in [4.78, 5) is 13.3. The number of nitrogens with zero attached hydrogens (tertiary/aromatic N) is 3. The lowest BCUT2D eigenvalue weighted by molar-refractivity contribution is -0.126. The molecule has 1 amide bonds. The molecular formula is C26H32N4O2. The molecule has 1 aromatic heterocycles. The van der Waals surface area contributed by atoms with Gasteiger partial charge in [0.25, 0.3) is 0 Å². The number of ether oxygens (including phenoxy) is 1. The molecule has 168 valence electrons. The first kappa shape index (κ1) is 22.2. The molecule has 1 aliphatic heterocycles. The van der Waals surface area contributed by atoms with E-state index >= 15 is 0 Å². The molecule has 6 nitrogen and oxygen atoms in total. The highest BCUT2D eigenvalue weighted by molar-refractivity contribution is 5.79. The zero-order valence-corrected chi connectivity index (χ0v) is 18.9. The molecule has 1 N–H and O–H groups in total. The average molecular weight is 433 g/mol. The Hall–Kier alpha value is -2.99. The van der Waals surface area contributed by atoms with Crippen LogP contribution in [0.25, 0.3) is 11.1 Å². The lowest BCUT2D eigenvalue weighted by Gasteiger charge is -2.24. The quantitative estimate of drug-likeness (QED) is 0.654. The maximum atomic E-state index is 13.3. The molecule has 0 fully saturated rings. The van der Waals surface area contributed by atoms with Crippen LogP contribution in [0.5, 0.6) is 0 Å². The van der Waals surface area contributed by atoms with E-state index in [0.29, 0.717) is 38.5 Å². The highest BCUT2D eigenvalue weighted by Crippen LogP contribution is 2.22. The minimum absolute atomic E-state index is 0.0000666. The molecule has 0 saturated heterocycles. The summed E-state index contributed by atoms with van der Waals surface area (Å²) < 4.78 is 7.65. The summed E-state index contributed by atoms with van der Waals surface area (Å²) in [5, 5.41) is 11.7. The van der Waals surface area contributed by atoms with Crippen molar-refractivity contribution in [3.63, 3.8) is 0 Å². The predicted octanol–water partition coefficient (Wildman–Crippen LogP) is 4.26. The van der Waals surface area contributed by atoms with Gasteiger partial charge in [-0.1, -0.05) is 73.7 Å². The Morgan fingerprint density at radius 2 is 1.84 bits per heavy atom. The summed E-state index contributed by atoms with van der Waals surface area (Å²) in [7, 11) is 0. The topological polar surface area (TPSA) is 69.0 Å². The fraction of sp³-hybridized carbons (Fsp3) is 0.423. The third-order valence-electron chi connectivity index (χ3n) is 5.88. The van der Waals surface area contributed by atoms with Gasteiger partial charge < -0.3 is 10.1 Å². The highest BCUT2D eigenvalue weighted by atomic mass is 16.5. The largest absolute Gasteiger partial charge is 0.373 e. The van der Waals surface area contributed by atoms with Crippen LogP contribution in [-0.2, 0) is 29.1 Å². The Labute approximate surface area is 190 Å². The third-order valence-corrected chi connectivity index (χ3v) is 5.88. The number of carbonyl (C=O) groups is 1. The third kappa shape index (κ3) is 6.04. The van der Waals surface area contributed by atoms with Crippen molar-refractivity contribution in [1.29, 1.82) is 0 Å². The van der Waals surface area contributed by atoms with E-state index in [4.69, 9.17) is 4.74 Å². The summed E-state index contributed by atoms with van der Waals surface area (Å²) in [5.74, 6) is 0.424. The lowest BCUT2D eigenvalue weighted by atomic mass is 9.93. The number of benzene rings is 2. The van der Waals surface area contributed by atoms with Gasteiger partial charge in [0.2, 0.25) is 5.91 Å². The molecule has 2 heterocycles. The van der Waals surface area contributed by atoms with E-state index in [9.17, 15) is 4.79 Å². The Morgan fingerprint density at radius 1 is 1.09 bits per heavy atom. The molecule has 0 saturated carbocycles. The minimum Gasteiger partial charge on any atom is -0.373 e. The molecule has 1 aliphatic rings. The molecule has 0 unspecified atom stereocenters. The Bertz CT molecular complexity index is 998. The van der Waals surface area contributed by atoms with Crippen LogP contribution in [0.2, 0.25) is 0 Å². The van der Waals surface area contributed by atoms with Gasteiger partial charge >= 0.3 is 0 Å². The second kappa shape index (κ2) is 10.6. The summed E-state index contributed by atoms with van der Waals surface area (Å²) >= 11 is 0. The van der Waals surface area contributed by atoms with Crippen LogP contribution >= 0.6 is 0 Å². The summed E-state index contributed by atoms with van der Waals surface area (Å²) in [6, 6.07) is 18.9. The van der Waals surface area contributed by atoms with Crippen LogP contribution < -0.4 is 5.32 Å². The van der Waals surface area contributed by atoms with Gasteiger partial charge in [0.05, 0.1) is 25.5 Å². The van der Waals surface area contributed by atoms with E-state index in [2.05, 4.69) is 65.9 Å². The number of aryl methyl sites for hydroxylation is 1. The summed E-state index contributed by atoms with van der Waals surface area (Å²) in [6.45, 7) is 5.89. The van der Waals surface area contributed by atoms with Crippen molar-refractivity contribution >= 4 is 5.91 Å². The molecule has 0 radical (unpaired) electrons. The van der Waals surface area contributed by atoms with E-state index < -0.39 is 0 Å². The van der Waals surface area contributed by atoms with E-state index in [-0.39, 0.29) is 17.9 Å². The van der Waals surface area contributed by atoms with E-state index in [0.717, 1.165) is 17.7 Å². The molecule has 32 heavy (non-hydrogen) atoms. The number of fused-ring (bicyclic) bond motifs is 2. The van der Waals surface area contributed by atoms with Crippen molar-refractivity contribution < 1.29 is 9.53 Å². The van der Waals surface area contributed by atoms with Crippen LogP contribution in [0.3, 0.4) is 0 Å². The molecular weight excluding hydrogens is 400 g/mol.